The highest BCUT2D eigenvalue weighted by Crippen LogP contribution is 2.11. The van der Waals surface area contributed by atoms with Crippen molar-refractivity contribution in [3.05, 3.63) is 59.7 Å². The van der Waals surface area contributed by atoms with Crippen LogP contribution in [0.1, 0.15) is 11.1 Å². The molecule has 0 spiro atoms. The van der Waals surface area contributed by atoms with Crippen LogP contribution in [0.3, 0.4) is 0 Å². The van der Waals surface area contributed by atoms with Gasteiger partial charge >= 0.3 is 0 Å². The van der Waals surface area contributed by atoms with Crippen molar-refractivity contribution in [1.82, 2.24) is 0 Å². The van der Waals surface area contributed by atoms with E-state index in [9.17, 15) is 0 Å². The second-order valence-corrected chi connectivity index (χ2v) is 4.86. The van der Waals surface area contributed by atoms with E-state index in [1.165, 1.54) is 11.1 Å². The molecule has 2 aromatic carbocycles. The quantitative estimate of drug-likeness (QED) is 0.655. The van der Waals surface area contributed by atoms with Gasteiger partial charge in [-0.25, -0.2) is 0 Å². The minimum atomic E-state index is 0.437. The SMILES string of the molecule is COc1ccc(CCN=C(N)Nc2ccc(C)cc2)cc1. The van der Waals surface area contributed by atoms with Gasteiger partial charge < -0.3 is 15.8 Å². The maximum absolute atomic E-state index is 5.87. The second-order valence-electron chi connectivity index (χ2n) is 4.86. The van der Waals surface area contributed by atoms with Gasteiger partial charge in [0, 0.05) is 12.2 Å². The summed E-state index contributed by atoms with van der Waals surface area (Å²) in [5.74, 6) is 1.30. The minimum absolute atomic E-state index is 0.437. The van der Waals surface area contributed by atoms with Crippen molar-refractivity contribution in [2.75, 3.05) is 19.0 Å². The molecule has 110 valence electrons. The van der Waals surface area contributed by atoms with Crippen LogP contribution >= 0.6 is 0 Å². The fourth-order valence-corrected chi connectivity index (χ4v) is 1.92. The Bertz CT molecular complexity index is 588. The van der Waals surface area contributed by atoms with Crippen molar-refractivity contribution in [3.8, 4) is 5.75 Å². The molecule has 4 heteroatoms. The number of aryl methyl sites for hydroxylation is 1. The first kappa shape index (κ1) is 14.9. The first-order chi connectivity index (χ1) is 10.2. The molecule has 0 fully saturated rings. The Balaban J connectivity index is 1.83. The van der Waals surface area contributed by atoms with Crippen molar-refractivity contribution in [2.24, 2.45) is 10.7 Å². The third-order valence-electron chi connectivity index (χ3n) is 3.17. The zero-order chi connectivity index (χ0) is 15.1. The Morgan fingerprint density at radius 3 is 2.38 bits per heavy atom. The summed E-state index contributed by atoms with van der Waals surface area (Å²) in [5.41, 5.74) is 9.25. The van der Waals surface area contributed by atoms with E-state index in [4.69, 9.17) is 10.5 Å². The van der Waals surface area contributed by atoms with E-state index >= 15 is 0 Å². The molecule has 0 unspecified atom stereocenters. The number of methoxy groups -OCH3 is 1. The summed E-state index contributed by atoms with van der Waals surface area (Å²) in [5, 5.41) is 3.08. The van der Waals surface area contributed by atoms with Crippen LogP contribution in [0.25, 0.3) is 0 Å². The highest BCUT2D eigenvalue weighted by atomic mass is 16.5. The summed E-state index contributed by atoms with van der Waals surface area (Å²) in [6.45, 7) is 2.70. The largest absolute Gasteiger partial charge is 0.497 e. The first-order valence-electron chi connectivity index (χ1n) is 6.94. The van der Waals surface area contributed by atoms with Gasteiger partial charge in [0.2, 0.25) is 0 Å². The van der Waals surface area contributed by atoms with Crippen LogP contribution in [0, 0.1) is 6.92 Å². The Morgan fingerprint density at radius 1 is 1.10 bits per heavy atom. The van der Waals surface area contributed by atoms with Crippen molar-refractivity contribution in [3.63, 3.8) is 0 Å². The van der Waals surface area contributed by atoms with Crippen LogP contribution in [0.2, 0.25) is 0 Å². The Morgan fingerprint density at radius 2 is 1.76 bits per heavy atom. The van der Waals surface area contributed by atoms with Crippen molar-refractivity contribution < 1.29 is 4.74 Å². The lowest BCUT2D eigenvalue weighted by Gasteiger charge is -2.06. The maximum atomic E-state index is 5.87. The molecule has 0 amide bonds. The molecular weight excluding hydrogens is 262 g/mol. The number of hydrogen-bond donors (Lipinski definition) is 2. The number of nitrogens with two attached hydrogens (primary N) is 1. The number of nitrogens with zero attached hydrogens (tertiary/aromatic N) is 1. The smallest absolute Gasteiger partial charge is 0.193 e. The summed E-state index contributed by atoms with van der Waals surface area (Å²) in [4.78, 5) is 4.33. The Kier molecular flexibility index (Phi) is 5.21. The van der Waals surface area contributed by atoms with E-state index in [0.717, 1.165) is 17.9 Å². The molecule has 0 radical (unpaired) electrons. The molecular formula is C17H21N3O. The number of guanidine groups is 1. The van der Waals surface area contributed by atoms with Gasteiger partial charge in [0.25, 0.3) is 0 Å². The lowest BCUT2D eigenvalue weighted by molar-refractivity contribution is 0.414. The second kappa shape index (κ2) is 7.33. The Labute approximate surface area is 125 Å². The fraction of sp³-hybridized carbons (Fsp3) is 0.235. The summed E-state index contributed by atoms with van der Waals surface area (Å²) in [6.07, 6.45) is 0.847. The van der Waals surface area contributed by atoms with E-state index in [1.807, 2.05) is 48.5 Å². The van der Waals surface area contributed by atoms with E-state index in [0.29, 0.717) is 12.5 Å². The fourth-order valence-electron chi connectivity index (χ4n) is 1.92. The topological polar surface area (TPSA) is 59.6 Å². The predicted octanol–water partition coefficient (Wildman–Crippen LogP) is 2.97. The van der Waals surface area contributed by atoms with Gasteiger partial charge in [-0.3, -0.25) is 4.99 Å². The number of rotatable bonds is 5. The molecule has 2 rings (SSSR count). The predicted molar refractivity (Wildman–Crippen MR) is 88.0 cm³/mol. The summed E-state index contributed by atoms with van der Waals surface area (Å²) < 4.78 is 5.13. The average Bonchev–Trinajstić information content (AvgIpc) is 2.50. The highest BCUT2D eigenvalue weighted by Gasteiger charge is 1.96. The van der Waals surface area contributed by atoms with E-state index in [-0.39, 0.29) is 0 Å². The molecule has 0 aliphatic carbocycles. The molecule has 0 saturated heterocycles. The number of nitrogens with one attached hydrogen (secondary N) is 1. The van der Waals surface area contributed by atoms with Gasteiger partial charge in [-0.1, -0.05) is 29.8 Å². The summed E-state index contributed by atoms with van der Waals surface area (Å²) in [6, 6.07) is 16.0. The Hall–Kier alpha value is -2.49. The highest BCUT2D eigenvalue weighted by molar-refractivity contribution is 5.92. The minimum Gasteiger partial charge on any atom is -0.497 e. The zero-order valence-electron chi connectivity index (χ0n) is 12.5. The summed E-state index contributed by atoms with van der Waals surface area (Å²) >= 11 is 0. The van der Waals surface area contributed by atoms with Crippen molar-refractivity contribution >= 4 is 11.6 Å². The van der Waals surface area contributed by atoms with Gasteiger partial charge in [-0.05, 0) is 43.2 Å². The van der Waals surface area contributed by atoms with Gasteiger partial charge in [-0.2, -0.15) is 0 Å². The van der Waals surface area contributed by atoms with Gasteiger partial charge in [0.15, 0.2) is 5.96 Å². The van der Waals surface area contributed by atoms with Crippen LogP contribution < -0.4 is 15.8 Å². The van der Waals surface area contributed by atoms with Crippen LogP contribution in [-0.4, -0.2) is 19.6 Å². The molecule has 0 saturated carbocycles. The molecule has 0 aromatic heterocycles. The molecule has 3 N–H and O–H groups in total. The van der Waals surface area contributed by atoms with Crippen LogP contribution in [0.4, 0.5) is 5.69 Å². The summed E-state index contributed by atoms with van der Waals surface area (Å²) in [7, 11) is 1.66. The van der Waals surface area contributed by atoms with E-state index < -0.39 is 0 Å². The van der Waals surface area contributed by atoms with Crippen molar-refractivity contribution in [1.29, 1.82) is 0 Å². The third-order valence-corrected chi connectivity index (χ3v) is 3.17. The molecule has 2 aromatic rings. The average molecular weight is 283 g/mol. The number of anilines is 1. The lowest BCUT2D eigenvalue weighted by atomic mass is 10.1. The monoisotopic (exact) mass is 283 g/mol. The molecule has 0 aliphatic heterocycles. The van der Waals surface area contributed by atoms with Crippen molar-refractivity contribution in [2.45, 2.75) is 13.3 Å². The van der Waals surface area contributed by atoms with E-state index in [2.05, 4.69) is 17.2 Å². The molecule has 0 heterocycles. The molecule has 21 heavy (non-hydrogen) atoms. The number of ether oxygens (including phenoxy) is 1. The van der Waals surface area contributed by atoms with Crippen LogP contribution in [-0.2, 0) is 6.42 Å². The van der Waals surface area contributed by atoms with Gasteiger partial charge in [-0.15, -0.1) is 0 Å². The maximum Gasteiger partial charge on any atom is 0.193 e. The lowest BCUT2D eigenvalue weighted by Crippen LogP contribution is -2.23. The van der Waals surface area contributed by atoms with E-state index in [1.54, 1.807) is 7.11 Å². The standard InChI is InChI=1S/C17H21N3O/c1-13-3-7-15(8-4-13)20-17(18)19-12-11-14-5-9-16(21-2)10-6-14/h3-10H,11-12H2,1-2H3,(H3,18,19,20). The normalized spacial score (nSPS) is 11.2. The number of benzene rings is 2. The van der Waals surface area contributed by atoms with Gasteiger partial charge in [0.1, 0.15) is 5.75 Å². The van der Waals surface area contributed by atoms with Gasteiger partial charge in [0.05, 0.1) is 7.11 Å². The zero-order valence-corrected chi connectivity index (χ0v) is 12.5. The molecule has 0 atom stereocenters. The third kappa shape index (κ3) is 4.84. The number of hydrogen-bond acceptors (Lipinski definition) is 2. The van der Waals surface area contributed by atoms with Crippen LogP contribution in [0.15, 0.2) is 53.5 Å². The molecule has 4 nitrogen and oxygen atoms in total. The first-order valence-corrected chi connectivity index (χ1v) is 6.94. The number of aliphatic imine (C=N–C) groups is 1. The molecule has 0 aliphatic rings. The molecule has 0 bridgehead atoms. The van der Waals surface area contributed by atoms with Crippen LogP contribution in [0.5, 0.6) is 5.75 Å².